The van der Waals surface area contributed by atoms with Gasteiger partial charge in [0.2, 0.25) is 17.7 Å². The molecule has 552 valence electrons. The molecular formula is C70H81Cl6F3N16O8. The van der Waals surface area contributed by atoms with Crippen molar-refractivity contribution in [3.8, 4) is 50.6 Å². The van der Waals surface area contributed by atoms with Crippen molar-refractivity contribution in [1.29, 1.82) is 0 Å². The van der Waals surface area contributed by atoms with Crippen LogP contribution in [0.25, 0.3) is 33.4 Å². The number of nitrogens with two attached hydrogens (primary N) is 3. The van der Waals surface area contributed by atoms with Crippen LogP contribution in [0, 0.1) is 17.5 Å². The predicted molar refractivity (Wildman–Crippen MR) is 395 cm³/mol. The highest BCUT2D eigenvalue weighted by molar-refractivity contribution is 6.37. The lowest BCUT2D eigenvalue weighted by Gasteiger charge is -2.24. The van der Waals surface area contributed by atoms with Crippen molar-refractivity contribution in [1.82, 2.24) is 65.1 Å². The Bertz CT molecular complexity index is 4460. The third-order valence-corrected chi connectivity index (χ3v) is 18.3. The van der Waals surface area contributed by atoms with Gasteiger partial charge in [-0.15, -0.1) is 0 Å². The Labute approximate surface area is 624 Å². The van der Waals surface area contributed by atoms with E-state index < -0.39 is 52.4 Å². The number of amides is 3. The summed E-state index contributed by atoms with van der Waals surface area (Å²) in [5, 5.41) is 30.9. The van der Waals surface area contributed by atoms with Gasteiger partial charge in [-0.25, -0.2) is 28.1 Å². The number of hydrogen-bond donors (Lipinski definition) is 7. The molecule has 103 heavy (non-hydrogen) atoms. The minimum absolute atomic E-state index is 0.110. The van der Waals surface area contributed by atoms with Gasteiger partial charge >= 0.3 is 0 Å². The molecule has 3 atom stereocenters. The maximum atomic E-state index is 14.0. The summed E-state index contributed by atoms with van der Waals surface area (Å²) in [6.45, 7) is 17.8. The Morgan fingerprint density at radius 1 is 0.505 bits per heavy atom. The van der Waals surface area contributed by atoms with Crippen LogP contribution in [0.15, 0.2) is 110 Å². The van der Waals surface area contributed by atoms with Crippen LogP contribution in [0.4, 0.5) is 30.6 Å². The van der Waals surface area contributed by atoms with Gasteiger partial charge in [-0.3, -0.25) is 28.4 Å². The predicted octanol–water partition coefficient (Wildman–Crippen LogP) is 13.5. The number of benzene rings is 3. The number of ether oxygens (including phenoxy) is 4. The van der Waals surface area contributed by atoms with Crippen LogP contribution in [0.5, 0.6) is 17.2 Å². The van der Waals surface area contributed by atoms with Crippen molar-refractivity contribution in [3.63, 3.8) is 0 Å². The van der Waals surface area contributed by atoms with Gasteiger partial charge < -0.3 is 62.1 Å². The summed E-state index contributed by atoms with van der Waals surface area (Å²) in [6, 6.07) is 12.9. The molecule has 3 unspecified atom stereocenters. The lowest BCUT2D eigenvalue weighted by molar-refractivity contribution is -0.129. The molecule has 33 heteroatoms. The van der Waals surface area contributed by atoms with Crippen molar-refractivity contribution in [2.75, 3.05) is 77.8 Å². The topological polar surface area (TPSA) is 318 Å². The van der Waals surface area contributed by atoms with Crippen molar-refractivity contribution in [3.05, 3.63) is 175 Å². The summed E-state index contributed by atoms with van der Waals surface area (Å²) < 4.78 is 69.3. The lowest BCUT2D eigenvalue weighted by Crippen LogP contribution is -2.45. The summed E-state index contributed by atoms with van der Waals surface area (Å²) in [4.78, 5) is 52.5. The molecule has 3 amide bonds. The number of nitrogens with zero attached hydrogens (tertiary/aromatic N) is 10. The third kappa shape index (κ3) is 20.2. The van der Waals surface area contributed by atoms with Gasteiger partial charge in [0.25, 0.3) is 0 Å². The summed E-state index contributed by atoms with van der Waals surface area (Å²) in [7, 11) is 5.55. The summed E-state index contributed by atoms with van der Waals surface area (Å²) in [5.41, 5.74) is 20.2. The molecule has 0 saturated heterocycles. The molecule has 0 aliphatic rings. The fourth-order valence-corrected chi connectivity index (χ4v) is 12.0. The number of halogens is 9. The second kappa shape index (κ2) is 35.7. The second-order valence-electron chi connectivity index (χ2n) is 25.2. The van der Waals surface area contributed by atoms with E-state index in [1.165, 1.54) is 41.1 Å². The van der Waals surface area contributed by atoms with Gasteiger partial charge in [-0.1, -0.05) is 69.6 Å². The number of pyridine rings is 3. The Balaban J connectivity index is 0.000000216. The minimum Gasteiger partial charge on any atom is -0.482 e. The average Bonchev–Trinajstić information content (AvgIpc) is 1.38. The highest BCUT2D eigenvalue weighted by Crippen LogP contribution is 2.41. The second-order valence-corrected chi connectivity index (χ2v) is 27.6. The quantitative estimate of drug-likeness (QED) is 0.0186. The first-order valence-electron chi connectivity index (χ1n) is 32.0. The van der Waals surface area contributed by atoms with Crippen LogP contribution in [0.1, 0.15) is 104 Å². The Kier molecular flexibility index (Phi) is 28.3. The number of hydrogen-bond acceptors (Lipinski definition) is 18. The molecule has 0 saturated carbocycles. The van der Waals surface area contributed by atoms with E-state index in [4.69, 9.17) is 111 Å². The average molecular weight is 1540 g/mol. The molecule has 6 heterocycles. The molecule has 0 spiro atoms. The van der Waals surface area contributed by atoms with Crippen LogP contribution in [-0.2, 0) is 35.7 Å². The normalized spacial score (nSPS) is 12.5. The smallest absolute Gasteiger partial charge is 0.247 e. The number of aliphatic hydroxyl groups excluding tert-OH is 1. The number of methoxy groups -OCH3 is 1. The van der Waals surface area contributed by atoms with Crippen molar-refractivity contribution >= 4 is 105 Å². The maximum Gasteiger partial charge on any atom is 0.247 e. The first-order chi connectivity index (χ1) is 48.5. The van der Waals surface area contributed by atoms with Gasteiger partial charge in [0.15, 0.2) is 34.7 Å². The van der Waals surface area contributed by atoms with E-state index in [0.717, 1.165) is 18.5 Å². The molecule has 3 aromatic carbocycles. The number of aromatic nitrogens is 9. The molecule has 10 N–H and O–H groups in total. The Morgan fingerprint density at radius 3 is 1.10 bits per heavy atom. The minimum atomic E-state index is -0.993. The van der Waals surface area contributed by atoms with E-state index in [1.54, 1.807) is 153 Å². The number of nitrogen functional groups attached to an aromatic ring is 3. The zero-order chi connectivity index (χ0) is 76.0. The molecule has 0 aliphatic heterocycles. The van der Waals surface area contributed by atoms with Crippen LogP contribution in [0.2, 0.25) is 30.1 Å². The van der Waals surface area contributed by atoms with Gasteiger partial charge in [0.1, 0.15) is 52.4 Å². The molecular weight excluding hydrogens is 1460 g/mol. The summed E-state index contributed by atoms with van der Waals surface area (Å²) in [6.07, 6.45) is 13.5. The number of carbonyl (C=O) groups is 3. The van der Waals surface area contributed by atoms with E-state index in [2.05, 4.69) is 51.1 Å². The molecule has 0 bridgehead atoms. The first-order valence-corrected chi connectivity index (χ1v) is 34.2. The SMILES string of the molecule is CC(Oc1cc(-c2cnn(C(C)(C)C(=O)NCCCN(C)C)c2)cnc1N)c1c(Cl)ccc(F)c1Cl.CC(Oc1cc(-c2cnn(C(C)(C)C(=O)NCCO)c2)cnc1N)c1c(Cl)ccc(F)c1Cl.COCCNC(=O)C(C)(C)n1cc(-c2cnc(N)c(OC(C)c3c(Cl)ccc(F)c3Cl)c2)cn1. The lowest BCUT2D eigenvalue weighted by atomic mass is 10.0. The summed E-state index contributed by atoms with van der Waals surface area (Å²) >= 11 is 36.9. The molecule has 9 aromatic rings. The Hall–Kier alpha value is -8.64. The highest BCUT2D eigenvalue weighted by Gasteiger charge is 2.34. The summed E-state index contributed by atoms with van der Waals surface area (Å²) in [5.74, 6) is -1.19. The molecule has 0 radical (unpaired) electrons. The molecule has 0 fully saturated rings. The highest BCUT2D eigenvalue weighted by atomic mass is 35.5. The maximum absolute atomic E-state index is 14.0. The molecule has 9 rings (SSSR count). The van der Waals surface area contributed by atoms with Gasteiger partial charge in [-0.2, -0.15) is 15.3 Å². The van der Waals surface area contributed by atoms with Crippen LogP contribution < -0.4 is 47.4 Å². The van der Waals surface area contributed by atoms with Gasteiger partial charge in [-0.05, 0) is 144 Å². The molecule has 24 nitrogen and oxygen atoms in total. The zero-order valence-corrected chi connectivity index (χ0v) is 63.0. The number of nitrogens with one attached hydrogen (secondary N) is 3. The Morgan fingerprint density at radius 2 is 0.806 bits per heavy atom. The van der Waals surface area contributed by atoms with Crippen molar-refractivity contribution in [2.45, 2.75) is 104 Å². The van der Waals surface area contributed by atoms with Crippen molar-refractivity contribution in [2.24, 2.45) is 0 Å². The van der Waals surface area contributed by atoms with Crippen LogP contribution in [-0.4, -0.2) is 133 Å². The molecule has 0 aliphatic carbocycles. The van der Waals surface area contributed by atoms with E-state index in [-0.39, 0.29) is 95.7 Å². The standard InChI is InChI=1S/C25H31Cl2FN6O2.C23H26Cl2FN5O3.C22H24Cl2FN5O3/c1-15(21-18(26)7-8-19(28)22(21)27)36-20-11-16(12-31-23(20)29)17-13-32-34(14-17)25(2,3)24(35)30-9-6-10-33(4)5;1-13(19-16(24)5-6-17(26)20(19)25)34-18-9-14(10-29-21(18)27)15-11-30-31(12-15)23(2,3)22(32)28-7-8-33-4;1-12(18-15(23)4-5-16(25)19(18)24)33-17-8-13(9-28-20(17)26)14-10-29-30(11-14)22(2,3)21(32)27-6-7-31/h7-8,11-15H,6,9-10H2,1-5H3,(H2,29,31)(H,30,35);5-6,9-13H,7-8H2,1-4H3,(H2,27,29)(H,28,32);4-5,8-12,31H,6-7H2,1-3H3,(H2,26,28)(H,27,32). The van der Waals surface area contributed by atoms with Crippen LogP contribution in [0.3, 0.4) is 0 Å². The number of carbonyl (C=O) groups excluding carboxylic acids is 3. The third-order valence-electron chi connectivity index (χ3n) is 16.2. The monoisotopic (exact) mass is 1540 g/mol. The van der Waals surface area contributed by atoms with Crippen molar-refractivity contribution < 1.29 is 51.6 Å². The fraction of sp³-hybridized carbons (Fsp3) is 0.357. The van der Waals surface area contributed by atoms with E-state index in [9.17, 15) is 27.6 Å². The number of rotatable bonds is 27. The zero-order valence-electron chi connectivity index (χ0n) is 58.5. The van der Waals surface area contributed by atoms with E-state index in [1.807, 2.05) is 14.1 Å². The van der Waals surface area contributed by atoms with Gasteiger partial charge in [0.05, 0.1) is 46.9 Å². The largest absolute Gasteiger partial charge is 0.482 e. The van der Waals surface area contributed by atoms with Gasteiger partial charge in [0, 0.05) is 129 Å². The molecule has 6 aromatic heterocycles. The van der Waals surface area contributed by atoms with E-state index in [0.29, 0.717) is 64.2 Å². The fourth-order valence-electron chi connectivity index (χ4n) is 9.94. The number of anilines is 3. The van der Waals surface area contributed by atoms with Crippen LogP contribution >= 0.6 is 69.6 Å². The number of aliphatic hydroxyl groups is 1. The first kappa shape index (κ1) is 81.7. The van der Waals surface area contributed by atoms with E-state index >= 15 is 0 Å².